The minimum atomic E-state index is -0.432. The molecule has 2 aromatic carbocycles. The Balaban J connectivity index is 1.18. The SMILES string of the molecule is CC1(C(=O)N2C[C@H]3c4cccc5c4OC[C@@]3(CNC(=O)CCCN(C(=O)COc3ccc(F)cc3)CCCO5)C2)CC1. The summed E-state index contributed by atoms with van der Waals surface area (Å²) in [6.07, 6.45) is 3.17. The van der Waals surface area contributed by atoms with Gasteiger partial charge in [0.25, 0.3) is 5.91 Å². The van der Waals surface area contributed by atoms with Crippen molar-refractivity contribution >= 4 is 17.7 Å². The molecule has 9 nitrogen and oxygen atoms in total. The second-order valence-electron chi connectivity index (χ2n) is 12.3. The zero-order valence-electron chi connectivity index (χ0n) is 24.0. The quantitative estimate of drug-likeness (QED) is 0.596. The van der Waals surface area contributed by atoms with Crippen LogP contribution < -0.4 is 19.5 Å². The van der Waals surface area contributed by atoms with Gasteiger partial charge in [0.05, 0.1) is 13.2 Å². The van der Waals surface area contributed by atoms with Crippen molar-refractivity contribution in [2.45, 2.75) is 44.9 Å². The van der Waals surface area contributed by atoms with E-state index in [-0.39, 0.29) is 47.9 Å². The fraction of sp³-hybridized carbons (Fsp3) is 0.531. The van der Waals surface area contributed by atoms with E-state index in [1.54, 1.807) is 4.90 Å². The lowest BCUT2D eigenvalue weighted by Crippen LogP contribution is -2.48. The molecule has 1 aliphatic carbocycles. The van der Waals surface area contributed by atoms with Gasteiger partial charge in [-0.25, -0.2) is 4.39 Å². The summed E-state index contributed by atoms with van der Waals surface area (Å²) in [6, 6.07) is 11.4. The number of hydrogen-bond donors (Lipinski definition) is 1. The lowest BCUT2D eigenvalue weighted by atomic mass is 9.73. The van der Waals surface area contributed by atoms with Crippen LogP contribution in [0.1, 0.15) is 50.5 Å². The van der Waals surface area contributed by atoms with Crippen molar-refractivity contribution in [1.82, 2.24) is 15.1 Å². The Morgan fingerprint density at radius 3 is 2.64 bits per heavy atom. The Bertz CT molecular complexity index is 1350. The van der Waals surface area contributed by atoms with E-state index in [0.29, 0.717) is 76.0 Å². The molecular weight excluding hydrogens is 541 g/mol. The van der Waals surface area contributed by atoms with Crippen molar-refractivity contribution < 1.29 is 33.0 Å². The molecule has 0 aromatic heterocycles. The van der Waals surface area contributed by atoms with Gasteiger partial charge in [0.2, 0.25) is 11.8 Å². The molecule has 3 amide bonds. The van der Waals surface area contributed by atoms with Gasteiger partial charge in [0.15, 0.2) is 18.1 Å². The van der Waals surface area contributed by atoms with Gasteiger partial charge in [0.1, 0.15) is 11.6 Å². The largest absolute Gasteiger partial charge is 0.490 e. The molecule has 2 fully saturated rings. The number of benzene rings is 2. The molecule has 1 N–H and O–H groups in total. The summed E-state index contributed by atoms with van der Waals surface area (Å²) in [7, 11) is 0. The third-order valence-electron chi connectivity index (χ3n) is 9.17. The van der Waals surface area contributed by atoms with Crippen LogP contribution in [0.3, 0.4) is 0 Å². The number of likely N-dealkylation sites (tertiary alicyclic amines) is 1. The van der Waals surface area contributed by atoms with Crippen molar-refractivity contribution in [2.75, 3.05) is 52.5 Å². The second kappa shape index (κ2) is 11.5. The first-order valence-corrected chi connectivity index (χ1v) is 14.9. The lowest BCUT2D eigenvalue weighted by Gasteiger charge is -2.40. The highest BCUT2D eigenvalue weighted by Crippen LogP contribution is 2.54. The average molecular weight is 580 g/mol. The first-order chi connectivity index (χ1) is 20.3. The molecule has 0 unspecified atom stereocenters. The predicted molar refractivity (Wildman–Crippen MR) is 152 cm³/mol. The molecule has 10 heteroatoms. The average Bonchev–Trinajstić information content (AvgIpc) is 3.62. The fourth-order valence-electron chi connectivity index (χ4n) is 6.36. The summed E-state index contributed by atoms with van der Waals surface area (Å²) < 4.78 is 31.3. The van der Waals surface area contributed by atoms with E-state index < -0.39 is 5.41 Å². The van der Waals surface area contributed by atoms with Gasteiger partial charge in [-0.15, -0.1) is 0 Å². The number of para-hydroxylation sites is 1. The van der Waals surface area contributed by atoms with E-state index >= 15 is 0 Å². The number of carbonyl (C=O) groups excluding carboxylic acids is 3. The molecule has 5 aliphatic rings. The first-order valence-electron chi connectivity index (χ1n) is 14.9. The summed E-state index contributed by atoms with van der Waals surface area (Å²) in [5.41, 5.74) is 0.305. The number of nitrogens with zero attached hydrogens (tertiary/aromatic N) is 2. The highest BCUT2D eigenvalue weighted by atomic mass is 19.1. The van der Waals surface area contributed by atoms with Gasteiger partial charge in [-0.1, -0.05) is 19.1 Å². The van der Waals surface area contributed by atoms with Crippen molar-refractivity contribution in [1.29, 1.82) is 0 Å². The maximum absolute atomic E-state index is 13.4. The molecule has 4 bridgehead atoms. The van der Waals surface area contributed by atoms with Crippen LogP contribution in [0.25, 0.3) is 0 Å². The van der Waals surface area contributed by atoms with Crippen LogP contribution in [0.15, 0.2) is 42.5 Å². The van der Waals surface area contributed by atoms with E-state index in [0.717, 1.165) is 18.4 Å². The summed E-state index contributed by atoms with van der Waals surface area (Å²) in [5, 5.41) is 3.13. The Morgan fingerprint density at radius 1 is 1.07 bits per heavy atom. The van der Waals surface area contributed by atoms with Gasteiger partial charge in [-0.05, 0) is 56.0 Å². The van der Waals surface area contributed by atoms with Gasteiger partial charge >= 0.3 is 0 Å². The maximum atomic E-state index is 13.4. The zero-order chi connectivity index (χ0) is 29.3. The van der Waals surface area contributed by atoms with E-state index in [1.165, 1.54) is 24.3 Å². The van der Waals surface area contributed by atoms with Crippen molar-refractivity contribution in [2.24, 2.45) is 10.8 Å². The second-order valence-corrected chi connectivity index (χ2v) is 12.3. The van der Waals surface area contributed by atoms with E-state index in [2.05, 4.69) is 5.32 Å². The molecule has 2 atom stereocenters. The fourth-order valence-corrected chi connectivity index (χ4v) is 6.36. The molecule has 0 radical (unpaired) electrons. The number of halogens is 1. The highest BCUT2D eigenvalue weighted by molar-refractivity contribution is 5.85. The number of nitrogens with one attached hydrogen (secondary N) is 1. The highest BCUT2D eigenvalue weighted by Gasteiger charge is 2.56. The first kappa shape index (κ1) is 28.3. The minimum absolute atomic E-state index is 0.0264. The lowest BCUT2D eigenvalue weighted by molar-refractivity contribution is -0.136. The topological polar surface area (TPSA) is 97.4 Å². The number of carbonyl (C=O) groups is 3. The summed E-state index contributed by atoms with van der Waals surface area (Å²) >= 11 is 0. The number of amides is 3. The third-order valence-corrected chi connectivity index (χ3v) is 9.17. The summed E-state index contributed by atoms with van der Waals surface area (Å²) in [4.78, 5) is 43.1. The molecule has 4 aliphatic heterocycles. The van der Waals surface area contributed by atoms with Crippen molar-refractivity contribution in [3.05, 3.63) is 53.8 Å². The van der Waals surface area contributed by atoms with E-state index in [4.69, 9.17) is 14.2 Å². The standard InChI is InChI=1S/C32H38FN3O6/c1-31(12-13-31)30(39)36-17-25-24-5-2-6-26-29(24)42-21-32(25,20-36)19-34-27(37)7-3-14-35(15-4-16-40-26)28(38)18-41-23-10-8-22(33)9-11-23/h2,5-6,8-11,25H,3-4,7,12-21H2,1H3,(H,34,37)/t25-,32+/m0/s1. The Labute approximate surface area is 245 Å². The third kappa shape index (κ3) is 5.76. The molecule has 4 heterocycles. The van der Waals surface area contributed by atoms with Crippen LogP contribution >= 0.6 is 0 Å². The summed E-state index contributed by atoms with van der Waals surface area (Å²) in [6.45, 7) is 4.99. The van der Waals surface area contributed by atoms with Crippen LogP contribution in [0.4, 0.5) is 4.39 Å². The Morgan fingerprint density at radius 2 is 1.86 bits per heavy atom. The van der Waals surface area contributed by atoms with Gasteiger partial charge in [-0.3, -0.25) is 14.4 Å². The smallest absolute Gasteiger partial charge is 0.260 e. The molecular formula is C32H38FN3O6. The molecule has 42 heavy (non-hydrogen) atoms. The summed E-state index contributed by atoms with van der Waals surface area (Å²) in [5.74, 6) is 1.29. The van der Waals surface area contributed by atoms with Gasteiger partial charge < -0.3 is 29.3 Å². The van der Waals surface area contributed by atoms with E-state index in [1.807, 2.05) is 30.0 Å². The molecule has 1 saturated carbocycles. The van der Waals surface area contributed by atoms with Crippen LogP contribution in [0.2, 0.25) is 0 Å². The molecule has 7 rings (SSSR count). The number of rotatable bonds is 4. The number of fused-ring (bicyclic) bond motifs is 11. The number of ether oxygens (including phenoxy) is 3. The monoisotopic (exact) mass is 579 g/mol. The normalized spacial score (nSPS) is 25.1. The Hall–Kier alpha value is -3.82. The van der Waals surface area contributed by atoms with Gasteiger partial charge in [-0.2, -0.15) is 0 Å². The molecule has 1 saturated heterocycles. The van der Waals surface area contributed by atoms with Crippen molar-refractivity contribution in [3.8, 4) is 17.2 Å². The zero-order valence-corrected chi connectivity index (χ0v) is 24.0. The maximum Gasteiger partial charge on any atom is 0.260 e. The van der Waals surface area contributed by atoms with Crippen LogP contribution in [0, 0.1) is 16.6 Å². The van der Waals surface area contributed by atoms with Crippen LogP contribution in [-0.2, 0) is 14.4 Å². The Kier molecular flexibility index (Phi) is 7.72. The van der Waals surface area contributed by atoms with E-state index in [9.17, 15) is 18.8 Å². The van der Waals surface area contributed by atoms with Gasteiger partial charge in [0, 0.05) is 61.5 Å². The molecule has 1 spiro atoms. The van der Waals surface area contributed by atoms with Crippen molar-refractivity contribution in [3.63, 3.8) is 0 Å². The molecule has 224 valence electrons. The van der Waals surface area contributed by atoms with Crippen LogP contribution in [0.5, 0.6) is 17.2 Å². The predicted octanol–water partition coefficient (Wildman–Crippen LogP) is 3.52. The number of hydrogen-bond acceptors (Lipinski definition) is 6. The molecule has 2 aromatic rings. The minimum Gasteiger partial charge on any atom is -0.490 e. The van der Waals surface area contributed by atoms with Crippen LogP contribution in [-0.4, -0.2) is 80.1 Å².